The van der Waals surface area contributed by atoms with E-state index in [0.29, 0.717) is 11.3 Å². The summed E-state index contributed by atoms with van der Waals surface area (Å²) in [7, 11) is 0. The van der Waals surface area contributed by atoms with E-state index in [1.165, 1.54) is 36.4 Å². The van der Waals surface area contributed by atoms with Crippen molar-refractivity contribution in [1.29, 1.82) is 0 Å². The second kappa shape index (κ2) is 6.52. The van der Waals surface area contributed by atoms with Crippen LogP contribution in [0.15, 0.2) is 53.9 Å². The Balaban J connectivity index is 1.89. The van der Waals surface area contributed by atoms with Crippen molar-refractivity contribution in [1.82, 2.24) is 4.98 Å². The lowest BCUT2D eigenvalue weighted by Gasteiger charge is -2.12. The van der Waals surface area contributed by atoms with Crippen molar-refractivity contribution in [2.75, 3.05) is 5.32 Å². The van der Waals surface area contributed by atoms with Gasteiger partial charge in [-0.2, -0.15) is 13.2 Å². The van der Waals surface area contributed by atoms with Crippen LogP contribution >= 0.6 is 11.3 Å². The van der Waals surface area contributed by atoms with E-state index in [0.717, 1.165) is 17.4 Å². The number of halogens is 3. The molecule has 0 aliphatic heterocycles. The van der Waals surface area contributed by atoms with Crippen LogP contribution < -0.4 is 5.32 Å². The molecule has 0 spiro atoms. The number of para-hydroxylation sites is 1. The van der Waals surface area contributed by atoms with Crippen LogP contribution in [0.5, 0.6) is 0 Å². The molecule has 0 unspecified atom stereocenters. The van der Waals surface area contributed by atoms with Crippen LogP contribution in [0.2, 0.25) is 0 Å². The van der Waals surface area contributed by atoms with Gasteiger partial charge in [-0.05, 0) is 12.1 Å². The van der Waals surface area contributed by atoms with Gasteiger partial charge in [0.1, 0.15) is 0 Å². The molecule has 25 heavy (non-hydrogen) atoms. The topological polar surface area (TPSA) is 68.1 Å². The summed E-state index contributed by atoms with van der Waals surface area (Å²) in [6.45, 7) is 0. The summed E-state index contributed by atoms with van der Waals surface area (Å²) in [5, 5.41) is 15.4. The normalized spacial score (nSPS) is 11.3. The number of nitrogens with zero attached hydrogens (tertiary/aromatic N) is 2. The molecule has 0 saturated heterocycles. The molecule has 2 aromatic carbocycles. The fourth-order valence-electron chi connectivity index (χ4n) is 2.20. The number of rotatable bonds is 4. The van der Waals surface area contributed by atoms with Crippen molar-refractivity contribution >= 4 is 27.8 Å². The number of nitrogens with one attached hydrogen (secondary N) is 1. The maximum atomic E-state index is 13.0. The Bertz CT molecular complexity index is 925. The molecule has 0 amide bonds. The summed E-state index contributed by atoms with van der Waals surface area (Å²) >= 11 is 1.11. The van der Waals surface area contributed by atoms with Gasteiger partial charge in [-0.3, -0.25) is 10.1 Å². The quantitative estimate of drug-likeness (QED) is 0.491. The number of nitro groups is 1. The molecule has 1 N–H and O–H groups in total. The number of nitro benzene ring substituents is 1. The Hall–Kier alpha value is -2.94. The lowest BCUT2D eigenvalue weighted by atomic mass is 10.1. The van der Waals surface area contributed by atoms with Crippen LogP contribution in [0.3, 0.4) is 0 Å². The van der Waals surface area contributed by atoms with Gasteiger partial charge < -0.3 is 5.32 Å². The van der Waals surface area contributed by atoms with Crippen LogP contribution in [0.4, 0.5) is 29.7 Å². The van der Waals surface area contributed by atoms with Crippen LogP contribution in [0.1, 0.15) is 5.56 Å². The third kappa shape index (κ3) is 3.77. The van der Waals surface area contributed by atoms with Crippen molar-refractivity contribution in [2.24, 2.45) is 0 Å². The molecule has 1 aromatic heterocycles. The van der Waals surface area contributed by atoms with Gasteiger partial charge in [-0.25, -0.2) is 4.98 Å². The van der Waals surface area contributed by atoms with Crippen molar-refractivity contribution < 1.29 is 18.1 Å². The highest BCUT2D eigenvalue weighted by atomic mass is 32.1. The summed E-state index contributed by atoms with van der Waals surface area (Å²) in [5.74, 6) is 0. The fraction of sp³-hybridized carbons (Fsp3) is 0.0625. The fourth-order valence-corrected chi connectivity index (χ4v) is 2.93. The molecule has 0 atom stereocenters. The highest BCUT2D eigenvalue weighted by Gasteiger charge is 2.33. The second-order valence-corrected chi connectivity index (χ2v) is 5.87. The minimum absolute atomic E-state index is 0.0811. The third-order valence-corrected chi connectivity index (χ3v) is 4.09. The number of benzene rings is 2. The van der Waals surface area contributed by atoms with Gasteiger partial charge >= 0.3 is 6.18 Å². The minimum atomic E-state index is -4.48. The standard InChI is InChI=1S/C16H10F3N3O2S/c17-16(18,19)12-6-1-2-7-13(12)20-15-21-14(9-25-15)10-4-3-5-11(8-10)22(23)24/h1-9H,(H,20,21). The van der Waals surface area contributed by atoms with Crippen molar-refractivity contribution in [3.63, 3.8) is 0 Å². The molecule has 0 radical (unpaired) electrons. The van der Waals surface area contributed by atoms with Crippen LogP contribution in [-0.4, -0.2) is 9.91 Å². The molecule has 0 aliphatic carbocycles. The van der Waals surface area contributed by atoms with Crippen molar-refractivity contribution in [3.05, 3.63) is 69.6 Å². The van der Waals surface area contributed by atoms with Crippen LogP contribution in [0, 0.1) is 10.1 Å². The summed E-state index contributed by atoms with van der Waals surface area (Å²) in [6, 6.07) is 11.0. The highest BCUT2D eigenvalue weighted by Crippen LogP contribution is 2.37. The average Bonchev–Trinajstić information content (AvgIpc) is 3.03. The molecular formula is C16H10F3N3O2S. The largest absolute Gasteiger partial charge is 0.418 e. The Morgan fingerprint density at radius 1 is 1.12 bits per heavy atom. The van der Waals surface area contributed by atoms with Crippen LogP contribution in [0.25, 0.3) is 11.3 Å². The number of anilines is 2. The van der Waals surface area contributed by atoms with Crippen molar-refractivity contribution in [3.8, 4) is 11.3 Å². The predicted octanol–water partition coefficient (Wildman–Crippen LogP) is 5.48. The van der Waals surface area contributed by atoms with E-state index in [4.69, 9.17) is 0 Å². The van der Waals surface area contributed by atoms with Gasteiger partial charge in [0.15, 0.2) is 5.13 Å². The van der Waals surface area contributed by atoms with E-state index >= 15 is 0 Å². The first-order chi connectivity index (χ1) is 11.8. The summed E-state index contributed by atoms with van der Waals surface area (Å²) < 4.78 is 39.1. The van der Waals surface area contributed by atoms with E-state index < -0.39 is 16.7 Å². The molecule has 0 saturated carbocycles. The second-order valence-electron chi connectivity index (χ2n) is 5.01. The zero-order valence-electron chi connectivity index (χ0n) is 12.4. The van der Waals surface area contributed by atoms with E-state index in [1.54, 1.807) is 11.4 Å². The Morgan fingerprint density at radius 2 is 1.88 bits per heavy atom. The number of alkyl halides is 3. The van der Waals surface area contributed by atoms with Crippen LogP contribution in [-0.2, 0) is 6.18 Å². The number of hydrogen-bond donors (Lipinski definition) is 1. The van der Waals surface area contributed by atoms with E-state index in [1.807, 2.05) is 0 Å². The molecule has 0 bridgehead atoms. The highest BCUT2D eigenvalue weighted by molar-refractivity contribution is 7.14. The first kappa shape index (κ1) is 16.9. The van der Waals surface area contributed by atoms with Crippen molar-refractivity contribution in [2.45, 2.75) is 6.18 Å². The van der Waals surface area contributed by atoms with Gasteiger partial charge in [0.25, 0.3) is 5.69 Å². The lowest BCUT2D eigenvalue weighted by molar-refractivity contribution is -0.384. The van der Waals surface area contributed by atoms with Gasteiger partial charge in [0.05, 0.1) is 21.9 Å². The molecule has 128 valence electrons. The summed E-state index contributed by atoms with van der Waals surface area (Å²) in [4.78, 5) is 14.5. The van der Waals surface area contributed by atoms with E-state index in [9.17, 15) is 23.3 Å². The molecule has 9 heteroatoms. The molecule has 1 heterocycles. The molecular weight excluding hydrogens is 355 g/mol. The smallest absolute Gasteiger partial charge is 0.331 e. The van der Waals surface area contributed by atoms with Gasteiger partial charge in [-0.1, -0.05) is 24.3 Å². The minimum Gasteiger partial charge on any atom is -0.331 e. The van der Waals surface area contributed by atoms with E-state index in [-0.39, 0.29) is 16.5 Å². The lowest BCUT2D eigenvalue weighted by Crippen LogP contribution is -2.08. The van der Waals surface area contributed by atoms with Gasteiger partial charge in [-0.15, -0.1) is 11.3 Å². The SMILES string of the molecule is O=[N+]([O-])c1cccc(-c2csc(Nc3ccccc3C(F)(F)F)n2)c1. The summed E-state index contributed by atoms with van der Waals surface area (Å²) in [5.41, 5.74) is -0.0113. The Morgan fingerprint density at radius 3 is 2.60 bits per heavy atom. The molecule has 0 fully saturated rings. The third-order valence-electron chi connectivity index (χ3n) is 3.33. The predicted molar refractivity (Wildman–Crippen MR) is 88.9 cm³/mol. The summed E-state index contributed by atoms with van der Waals surface area (Å²) in [6.07, 6.45) is -4.48. The first-order valence-corrected chi connectivity index (χ1v) is 7.86. The van der Waals surface area contributed by atoms with Gasteiger partial charge in [0.2, 0.25) is 0 Å². The zero-order chi connectivity index (χ0) is 18.0. The monoisotopic (exact) mass is 365 g/mol. The molecule has 3 aromatic rings. The molecule has 5 nitrogen and oxygen atoms in total. The zero-order valence-corrected chi connectivity index (χ0v) is 13.3. The number of non-ortho nitro benzene ring substituents is 1. The van der Waals surface area contributed by atoms with Gasteiger partial charge in [0, 0.05) is 23.1 Å². The average molecular weight is 365 g/mol. The number of aromatic nitrogens is 1. The first-order valence-electron chi connectivity index (χ1n) is 6.98. The molecule has 3 rings (SSSR count). The number of thiazole rings is 1. The maximum Gasteiger partial charge on any atom is 0.418 e. The Kier molecular flexibility index (Phi) is 4.41. The Labute approximate surface area is 143 Å². The maximum absolute atomic E-state index is 13.0. The van der Waals surface area contributed by atoms with E-state index in [2.05, 4.69) is 10.3 Å². The number of hydrogen-bond acceptors (Lipinski definition) is 5. The molecule has 0 aliphatic rings.